The molecule has 0 spiro atoms. The molecule has 22 heavy (non-hydrogen) atoms. The Morgan fingerprint density at radius 2 is 1.91 bits per heavy atom. The van der Waals surface area contributed by atoms with Crippen LogP contribution in [0.15, 0.2) is 59.1 Å². The Bertz CT molecular complexity index is 809. The summed E-state index contributed by atoms with van der Waals surface area (Å²) in [4.78, 5) is 11.1. The number of nitrogens with zero attached hydrogens (tertiary/aromatic N) is 1. The third-order valence-corrected chi connectivity index (χ3v) is 4.05. The molecule has 4 heteroatoms. The summed E-state index contributed by atoms with van der Waals surface area (Å²) in [5.41, 5.74) is 3.34. The van der Waals surface area contributed by atoms with Crippen molar-refractivity contribution in [2.75, 3.05) is 0 Å². The summed E-state index contributed by atoms with van der Waals surface area (Å²) in [6.07, 6.45) is 0. The lowest BCUT2D eigenvalue weighted by Crippen LogP contribution is -2.07. The van der Waals surface area contributed by atoms with Crippen molar-refractivity contribution in [3.05, 3.63) is 70.3 Å². The third kappa shape index (κ3) is 3.22. The van der Waals surface area contributed by atoms with Gasteiger partial charge in [-0.3, -0.25) is 4.79 Å². The van der Waals surface area contributed by atoms with Crippen molar-refractivity contribution in [1.29, 1.82) is 0 Å². The number of halogens is 1. The number of carbonyl (C=O) groups excluding carboxylic acids is 1. The van der Waals surface area contributed by atoms with E-state index in [9.17, 15) is 4.79 Å². The maximum absolute atomic E-state index is 11.1. The van der Waals surface area contributed by atoms with Gasteiger partial charge in [-0.2, -0.15) is 0 Å². The molecule has 0 bridgehead atoms. The number of ether oxygens (including phenoxy) is 1. The van der Waals surface area contributed by atoms with Crippen LogP contribution in [0.1, 0.15) is 18.2 Å². The Hall–Kier alpha value is -2.07. The van der Waals surface area contributed by atoms with Crippen LogP contribution < -0.4 is 0 Å². The van der Waals surface area contributed by atoms with Gasteiger partial charge in [0.05, 0.1) is 5.69 Å². The molecule has 1 heterocycles. The summed E-state index contributed by atoms with van der Waals surface area (Å²) in [7, 11) is 0. The van der Waals surface area contributed by atoms with Gasteiger partial charge in [0.1, 0.15) is 6.61 Å². The molecule has 0 aliphatic rings. The average molecular weight is 358 g/mol. The Kier molecular flexibility index (Phi) is 4.29. The minimum Gasteiger partial charge on any atom is -0.459 e. The smallest absolute Gasteiger partial charge is 0.303 e. The zero-order valence-electron chi connectivity index (χ0n) is 12.3. The van der Waals surface area contributed by atoms with E-state index in [1.165, 1.54) is 12.5 Å². The van der Waals surface area contributed by atoms with Gasteiger partial charge in [-0.25, -0.2) is 0 Å². The quantitative estimate of drug-likeness (QED) is 0.643. The fraction of sp³-hybridized carbons (Fsp3) is 0.167. The first kappa shape index (κ1) is 14.9. The Morgan fingerprint density at radius 1 is 1.14 bits per heavy atom. The monoisotopic (exact) mass is 357 g/mol. The van der Waals surface area contributed by atoms with E-state index in [0.717, 1.165) is 27.6 Å². The lowest BCUT2D eigenvalue weighted by Gasteiger charge is -2.11. The van der Waals surface area contributed by atoms with E-state index >= 15 is 0 Å². The maximum atomic E-state index is 11.1. The summed E-state index contributed by atoms with van der Waals surface area (Å²) >= 11 is 3.50. The molecule has 0 saturated carbocycles. The lowest BCUT2D eigenvalue weighted by molar-refractivity contribution is -0.142. The van der Waals surface area contributed by atoms with Crippen LogP contribution in [0.4, 0.5) is 0 Å². The number of hydrogen-bond donors (Lipinski definition) is 0. The first-order valence-corrected chi connectivity index (χ1v) is 7.88. The van der Waals surface area contributed by atoms with Crippen LogP contribution in [0.5, 0.6) is 0 Å². The van der Waals surface area contributed by atoms with Crippen LogP contribution in [-0.4, -0.2) is 10.5 Å². The van der Waals surface area contributed by atoms with Crippen molar-refractivity contribution < 1.29 is 9.53 Å². The molecule has 0 fully saturated rings. The van der Waals surface area contributed by atoms with Gasteiger partial charge >= 0.3 is 5.97 Å². The Labute approximate surface area is 137 Å². The summed E-state index contributed by atoms with van der Waals surface area (Å²) in [6, 6.07) is 18.5. The van der Waals surface area contributed by atoms with Gasteiger partial charge in [0.2, 0.25) is 0 Å². The second kappa shape index (κ2) is 6.36. The highest BCUT2D eigenvalue weighted by Crippen LogP contribution is 2.25. The third-order valence-electron chi connectivity index (χ3n) is 3.56. The van der Waals surface area contributed by atoms with E-state index in [4.69, 9.17) is 4.74 Å². The van der Waals surface area contributed by atoms with Gasteiger partial charge < -0.3 is 9.30 Å². The molecule has 3 nitrogen and oxygen atoms in total. The zero-order chi connectivity index (χ0) is 15.5. The minimum atomic E-state index is -0.266. The van der Waals surface area contributed by atoms with Crippen molar-refractivity contribution in [2.24, 2.45) is 0 Å². The largest absolute Gasteiger partial charge is 0.459 e. The molecule has 2 aromatic carbocycles. The number of esters is 1. The second-order valence-electron chi connectivity index (χ2n) is 5.19. The fourth-order valence-electron chi connectivity index (χ4n) is 2.55. The molecule has 0 aliphatic heterocycles. The van der Waals surface area contributed by atoms with Crippen molar-refractivity contribution in [3.8, 4) is 0 Å². The standard InChI is InChI=1S/C18H16BrNO2/c1-13(21)22-12-17-10-15-9-16(19)7-8-18(15)20(17)11-14-5-3-2-4-6-14/h2-10H,11-12H2,1H3. The molecule has 0 saturated heterocycles. The molecule has 0 unspecified atom stereocenters. The van der Waals surface area contributed by atoms with Crippen LogP contribution in [0, 0.1) is 0 Å². The van der Waals surface area contributed by atoms with Gasteiger partial charge in [0.25, 0.3) is 0 Å². The fourth-order valence-corrected chi connectivity index (χ4v) is 2.93. The number of carbonyl (C=O) groups is 1. The molecular formula is C18H16BrNO2. The van der Waals surface area contributed by atoms with E-state index in [1.54, 1.807) is 0 Å². The van der Waals surface area contributed by atoms with Crippen molar-refractivity contribution >= 4 is 32.8 Å². The van der Waals surface area contributed by atoms with Gasteiger partial charge in [-0.15, -0.1) is 0 Å². The molecule has 0 atom stereocenters. The molecule has 3 aromatic rings. The molecule has 112 valence electrons. The minimum absolute atomic E-state index is 0.266. The van der Waals surface area contributed by atoms with Gasteiger partial charge in [0, 0.05) is 28.8 Å². The topological polar surface area (TPSA) is 31.2 Å². The maximum Gasteiger partial charge on any atom is 0.303 e. The van der Waals surface area contributed by atoms with Gasteiger partial charge in [0.15, 0.2) is 0 Å². The molecule has 3 rings (SSSR count). The number of aromatic nitrogens is 1. The summed E-state index contributed by atoms with van der Waals surface area (Å²) in [6.45, 7) is 2.47. The van der Waals surface area contributed by atoms with Crippen LogP contribution in [0.3, 0.4) is 0 Å². The van der Waals surface area contributed by atoms with Crippen molar-refractivity contribution in [3.63, 3.8) is 0 Å². The van der Waals surface area contributed by atoms with E-state index in [0.29, 0.717) is 0 Å². The Morgan fingerprint density at radius 3 is 2.64 bits per heavy atom. The highest BCUT2D eigenvalue weighted by Gasteiger charge is 2.11. The van der Waals surface area contributed by atoms with E-state index < -0.39 is 0 Å². The predicted molar refractivity (Wildman–Crippen MR) is 90.7 cm³/mol. The van der Waals surface area contributed by atoms with Crippen molar-refractivity contribution in [2.45, 2.75) is 20.1 Å². The van der Waals surface area contributed by atoms with Crippen LogP contribution >= 0.6 is 15.9 Å². The van der Waals surface area contributed by atoms with E-state index in [1.807, 2.05) is 24.3 Å². The summed E-state index contributed by atoms with van der Waals surface area (Å²) < 4.78 is 8.43. The highest BCUT2D eigenvalue weighted by atomic mass is 79.9. The number of fused-ring (bicyclic) bond motifs is 1. The molecule has 0 amide bonds. The normalized spacial score (nSPS) is 10.8. The predicted octanol–water partition coefficient (Wildman–Crippen LogP) is 4.52. The van der Waals surface area contributed by atoms with Crippen LogP contribution in [0.25, 0.3) is 10.9 Å². The van der Waals surface area contributed by atoms with E-state index in [-0.39, 0.29) is 12.6 Å². The number of rotatable bonds is 4. The van der Waals surface area contributed by atoms with Crippen LogP contribution in [-0.2, 0) is 22.7 Å². The molecule has 1 aromatic heterocycles. The molecule has 0 radical (unpaired) electrons. The first-order chi connectivity index (χ1) is 10.6. The van der Waals surface area contributed by atoms with Gasteiger partial charge in [-0.1, -0.05) is 46.3 Å². The summed E-state index contributed by atoms with van der Waals surface area (Å²) in [5.74, 6) is -0.266. The highest BCUT2D eigenvalue weighted by molar-refractivity contribution is 9.10. The zero-order valence-corrected chi connectivity index (χ0v) is 13.8. The summed E-state index contributed by atoms with van der Waals surface area (Å²) in [5, 5.41) is 1.13. The van der Waals surface area contributed by atoms with Crippen molar-refractivity contribution in [1.82, 2.24) is 4.57 Å². The lowest BCUT2D eigenvalue weighted by atomic mass is 10.2. The van der Waals surface area contributed by atoms with Crippen LogP contribution in [0.2, 0.25) is 0 Å². The van der Waals surface area contributed by atoms with E-state index in [2.05, 4.69) is 50.8 Å². The second-order valence-corrected chi connectivity index (χ2v) is 6.11. The molecule has 0 N–H and O–H groups in total. The average Bonchev–Trinajstić information content (AvgIpc) is 2.83. The SMILES string of the molecule is CC(=O)OCc1cc2cc(Br)ccc2n1Cc1ccccc1. The number of benzene rings is 2. The number of hydrogen-bond acceptors (Lipinski definition) is 2. The Balaban J connectivity index is 2.03. The molecular weight excluding hydrogens is 342 g/mol. The van der Waals surface area contributed by atoms with Gasteiger partial charge in [-0.05, 0) is 29.8 Å². The first-order valence-electron chi connectivity index (χ1n) is 7.08. The molecule has 0 aliphatic carbocycles.